The first kappa shape index (κ1) is 22.7. The lowest BCUT2D eigenvalue weighted by molar-refractivity contribution is -0.150. The number of carbonyl (C=O) groups excluding carboxylic acids is 2. The summed E-state index contributed by atoms with van der Waals surface area (Å²) in [6.07, 6.45) is 4.00. The Kier molecular flexibility index (Phi) is 9.78. The van der Waals surface area contributed by atoms with E-state index in [0.717, 1.165) is 17.7 Å². The van der Waals surface area contributed by atoms with Gasteiger partial charge < -0.3 is 14.6 Å². The van der Waals surface area contributed by atoms with E-state index >= 15 is 0 Å². The van der Waals surface area contributed by atoms with Gasteiger partial charge in [-0.1, -0.05) is 54.6 Å². The van der Waals surface area contributed by atoms with Gasteiger partial charge in [-0.3, -0.25) is 0 Å². The molecule has 146 valence electrons. The van der Waals surface area contributed by atoms with Gasteiger partial charge in [-0.25, -0.2) is 14.4 Å². The Hall–Kier alpha value is -3.38. The van der Waals surface area contributed by atoms with Crippen LogP contribution in [0.5, 0.6) is 5.75 Å². The predicted octanol–water partition coefficient (Wildman–Crippen LogP) is 4.07. The zero-order valence-electron chi connectivity index (χ0n) is 15.1. The van der Waals surface area contributed by atoms with Gasteiger partial charge in [0.1, 0.15) is 5.75 Å². The van der Waals surface area contributed by atoms with Gasteiger partial charge in [0.15, 0.2) is 6.61 Å². The minimum Gasteiger partial charge on any atom is -0.482 e. The zero-order valence-corrected chi connectivity index (χ0v) is 15.9. The molecule has 0 fully saturated rings. The number of carboxylic acid groups (broad SMARTS) is 1. The molecule has 0 saturated carbocycles. The first-order valence-electron chi connectivity index (χ1n) is 8.04. The highest BCUT2D eigenvalue weighted by Gasteiger charge is 2.10. The number of cyclic esters (lactones) is 2. The molecule has 0 bridgehead atoms. The Morgan fingerprint density at radius 3 is 2.14 bits per heavy atom. The number of carboxylic acids is 1. The van der Waals surface area contributed by atoms with Crippen LogP contribution in [0.1, 0.15) is 11.1 Å². The first-order valence-corrected chi connectivity index (χ1v) is 8.41. The fourth-order valence-electron chi connectivity index (χ4n) is 1.81. The van der Waals surface area contributed by atoms with Gasteiger partial charge in [0, 0.05) is 17.2 Å². The molecule has 0 radical (unpaired) electrons. The summed E-state index contributed by atoms with van der Waals surface area (Å²) >= 11 is 5.71. The van der Waals surface area contributed by atoms with E-state index < -0.39 is 17.9 Å². The third-order valence-corrected chi connectivity index (χ3v) is 3.32. The van der Waals surface area contributed by atoms with Crippen molar-refractivity contribution in [1.82, 2.24) is 0 Å². The van der Waals surface area contributed by atoms with Crippen LogP contribution in [0.4, 0.5) is 0 Å². The maximum Gasteiger partial charge on any atom is 0.341 e. The molecule has 0 spiro atoms. The molecule has 28 heavy (non-hydrogen) atoms. The van der Waals surface area contributed by atoms with E-state index in [-0.39, 0.29) is 6.61 Å². The number of rotatable bonds is 4. The van der Waals surface area contributed by atoms with Crippen molar-refractivity contribution in [3.63, 3.8) is 0 Å². The fraction of sp³-hybridized carbons (Fsp3) is 0.0952. The van der Waals surface area contributed by atoms with Crippen LogP contribution in [0.2, 0.25) is 5.02 Å². The van der Waals surface area contributed by atoms with Gasteiger partial charge >= 0.3 is 17.9 Å². The highest BCUT2D eigenvalue weighted by Crippen LogP contribution is 2.21. The molecule has 1 heterocycles. The fourth-order valence-corrected chi connectivity index (χ4v) is 2.03. The average molecular weight is 403 g/mol. The van der Waals surface area contributed by atoms with Gasteiger partial charge in [0.05, 0.1) is 0 Å². The van der Waals surface area contributed by atoms with Gasteiger partial charge in [0.2, 0.25) is 0 Å². The molecule has 0 amide bonds. The van der Waals surface area contributed by atoms with Crippen LogP contribution in [0.3, 0.4) is 0 Å². The van der Waals surface area contributed by atoms with E-state index in [0.29, 0.717) is 10.8 Å². The van der Waals surface area contributed by atoms with E-state index in [9.17, 15) is 14.4 Å². The summed E-state index contributed by atoms with van der Waals surface area (Å²) in [7, 11) is 0. The molecule has 2 aromatic rings. The molecular weight excluding hydrogens is 384 g/mol. The van der Waals surface area contributed by atoms with E-state index in [1.54, 1.807) is 18.2 Å². The zero-order chi connectivity index (χ0) is 20.9. The molecule has 0 saturated heterocycles. The number of carbonyl (C=O) groups is 3. The van der Waals surface area contributed by atoms with Crippen molar-refractivity contribution in [2.45, 2.75) is 6.92 Å². The molecule has 0 atom stereocenters. The SMILES string of the molecule is C=Cc1ccccc1.Cc1cc(Cl)ccc1OCC(=O)O.O=C1C=CC(=O)O1. The standard InChI is InChI=1S/C9H9ClO3.C8H8.C4H2O3/c1-6-4-7(10)2-3-8(6)13-5-9(11)12;1-2-8-6-4-3-5-7-8;5-3-1-2-4(6)7-3/h2-4H,5H2,1H3,(H,11,12);2-7H,1H2;1-2H. The lowest BCUT2D eigenvalue weighted by Crippen LogP contribution is -2.09. The Labute approximate surface area is 167 Å². The van der Waals surface area contributed by atoms with Gasteiger partial charge in [0.25, 0.3) is 0 Å². The van der Waals surface area contributed by atoms with Crippen LogP contribution in [0, 0.1) is 6.92 Å². The second-order valence-electron chi connectivity index (χ2n) is 5.28. The summed E-state index contributed by atoms with van der Waals surface area (Å²) in [6, 6.07) is 15.1. The molecule has 0 aliphatic carbocycles. The van der Waals surface area contributed by atoms with Crippen LogP contribution < -0.4 is 4.74 Å². The molecule has 6 nitrogen and oxygen atoms in total. The van der Waals surface area contributed by atoms with Crippen LogP contribution in [0.25, 0.3) is 6.08 Å². The average Bonchev–Trinajstić information content (AvgIpc) is 3.05. The number of hydrogen-bond acceptors (Lipinski definition) is 5. The highest BCUT2D eigenvalue weighted by molar-refractivity contribution is 6.30. The summed E-state index contributed by atoms with van der Waals surface area (Å²) in [5.74, 6) is -1.60. The number of esters is 2. The van der Waals surface area contributed by atoms with Crippen molar-refractivity contribution < 1.29 is 29.0 Å². The molecule has 1 aliphatic heterocycles. The normalized spacial score (nSPS) is 11.4. The minimum absolute atomic E-state index is 0.331. The van der Waals surface area contributed by atoms with Crippen molar-refractivity contribution in [2.24, 2.45) is 0 Å². The van der Waals surface area contributed by atoms with Crippen LogP contribution in [0.15, 0.2) is 67.3 Å². The topological polar surface area (TPSA) is 89.9 Å². The second-order valence-corrected chi connectivity index (χ2v) is 5.72. The summed E-state index contributed by atoms with van der Waals surface area (Å²) in [4.78, 5) is 30.0. The molecule has 1 N–H and O–H groups in total. The largest absolute Gasteiger partial charge is 0.482 e. The van der Waals surface area contributed by atoms with Crippen molar-refractivity contribution >= 4 is 35.6 Å². The molecule has 0 unspecified atom stereocenters. The molecule has 2 aromatic carbocycles. The third-order valence-electron chi connectivity index (χ3n) is 3.08. The molecule has 3 rings (SSSR count). The smallest absolute Gasteiger partial charge is 0.341 e. The van der Waals surface area contributed by atoms with Gasteiger partial charge in [-0.2, -0.15) is 0 Å². The van der Waals surface area contributed by atoms with Crippen LogP contribution in [-0.4, -0.2) is 29.6 Å². The Morgan fingerprint density at radius 1 is 1.14 bits per heavy atom. The third kappa shape index (κ3) is 9.35. The first-order chi connectivity index (χ1) is 13.3. The lowest BCUT2D eigenvalue weighted by Gasteiger charge is -2.06. The summed E-state index contributed by atoms with van der Waals surface area (Å²) in [5.41, 5.74) is 2.00. The quantitative estimate of drug-likeness (QED) is 0.612. The Bertz CT molecular complexity index is 842. The number of halogens is 1. The van der Waals surface area contributed by atoms with Crippen LogP contribution in [-0.2, 0) is 19.1 Å². The predicted molar refractivity (Wildman–Crippen MR) is 106 cm³/mol. The van der Waals surface area contributed by atoms with Crippen molar-refractivity contribution in [3.8, 4) is 5.75 Å². The number of ether oxygens (including phenoxy) is 2. The van der Waals surface area contributed by atoms with Gasteiger partial charge in [-0.05, 0) is 36.2 Å². The maximum atomic E-state index is 10.2. The number of aliphatic carboxylic acids is 1. The van der Waals surface area contributed by atoms with E-state index in [1.165, 1.54) is 5.56 Å². The number of aryl methyl sites for hydroxylation is 1. The highest BCUT2D eigenvalue weighted by atomic mass is 35.5. The second kappa shape index (κ2) is 12.1. The van der Waals surface area contributed by atoms with Gasteiger partial charge in [-0.15, -0.1) is 0 Å². The van der Waals surface area contributed by atoms with E-state index in [4.69, 9.17) is 21.4 Å². The van der Waals surface area contributed by atoms with E-state index in [1.807, 2.05) is 43.3 Å². The van der Waals surface area contributed by atoms with Crippen molar-refractivity contribution in [2.75, 3.05) is 6.61 Å². The summed E-state index contributed by atoms with van der Waals surface area (Å²) < 4.78 is 8.97. The summed E-state index contributed by atoms with van der Waals surface area (Å²) in [5, 5.41) is 8.98. The van der Waals surface area contributed by atoms with E-state index in [2.05, 4.69) is 11.3 Å². The van der Waals surface area contributed by atoms with Crippen molar-refractivity contribution in [1.29, 1.82) is 0 Å². The summed E-state index contributed by atoms with van der Waals surface area (Å²) in [6.45, 7) is 5.11. The molecule has 0 aromatic heterocycles. The minimum atomic E-state index is -0.991. The number of hydrogen-bond donors (Lipinski definition) is 1. The molecule has 7 heteroatoms. The number of benzene rings is 2. The Morgan fingerprint density at radius 2 is 1.75 bits per heavy atom. The van der Waals surface area contributed by atoms with Crippen LogP contribution >= 0.6 is 11.6 Å². The van der Waals surface area contributed by atoms with Crippen molar-refractivity contribution in [3.05, 3.63) is 83.4 Å². The monoisotopic (exact) mass is 402 g/mol. The maximum absolute atomic E-state index is 10.2. The Balaban J connectivity index is 0.000000224. The lowest BCUT2D eigenvalue weighted by atomic mass is 10.2. The molecular formula is C21H19ClO6. The molecule has 1 aliphatic rings.